The highest BCUT2D eigenvalue weighted by Crippen LogP contribution is 2.19. The molecule has 1 aliphatic carbocycles. The van der Waals surface area contributed by atoms with Gasteiger partial charge in [0.1, 0.15) is 0 Å². The van der Waals surface area contributed by atoms with Gasteiger partial charge in [0.2, 0.25) is 0 Å². The summed E-state index contributed by atoms with van der Waals surface area (Å²) in [5.74, 6) is 0.783. The van der Waals surface area contributed by atoms with Crippen molar-refractivity contribution >= 4 is 0 Å². The van der Waals surface area contributed by atoms with E-state index in [9.17, 15) is 5.11 Å². The van der Waals surface area contributed by atoms with Crippen molar-refractivity contribution in [1.29, 1.82) is 0 Å². The zero-order valence-electron chi connectivity index (χ0n) is 10.5. The molecule has 0 bridgehead atoms. The quantitative estimate of drug-likeness (QED) is 0.736. The lowest BCUT2D eigenvalue weighted by Gasteiger charge is -2.31. The molecule has 1 rings (SSSR count). The summed E-state index contributed by atoms with van der Waals surface area (Å²) >= 11 is 0. The minimum Gasteiger partial charge on any atom is -0.392 e. The summed E-state index contributed by atoms with van der Waals surface area (Å²) in [6.07, 6.45) is 6.98. The summed E-state index contributed by atoms with van der Waals surface area (Å²) in [7, 11) is 0. The lowest BCUT2D eigenvalue weighted by Crippen LogP contribution is -2.46. The third kappa shape index (κ3) is 4.98. The highest BCUT2D eigenvalue weighted by molar-refractivity contribution is 4.82. The van der Waals surface area contributed by atoms with Gasteiger partial charge in [-0.3, -0.25) is 0 Å². The molecule has 0 heterocycles. The van der Waals surface area contributed by atoms with E-state index in [0.29, 0.717) is 12.1 Å². The van der Waals surface area contributed by atoms with Crippen molar-refractivity contribution in [1.82, 2.24) is 5.32 Å². The molecular weight excluding hydrogens is 186 g/mol. The molecule has 0 saturated heterocycles. The van der Waals surface area contributed by atoms with Crippen LogP contribution in [0.5, 0.6) is 0 Å². The molecule has 0 aromatic carbocycles. The Bertz CT molecular complexity index is 170. The number of hydrogen-bond acceptors (Lipinski definition) is 2. The van der Waals surface area contributed by atoms with E-state index in [2.05, 4.69) is 26.1 Å². The van der Waals surface area contributed by atoms with Crippen LogP contribution in [-0.2, 0) is 0 Å². The first-order valence-corrected chi connectivity index (χ1v) is 6.53. The summed E-state index contributed by atoms with van der Waals surface area (Å²) < 4.78 is 0. The van der Waals surface area contributed by atoms with Crippen LogP contribution in [0.2, 0.25) is 0 Å². The summed E-state index contributed by atoms with van der Waals surface area (Å²) in [5.41, 5.74) is 0. The van der Waals surface area contributed by atoms with E-state index in [0.717, 1.165) is 18.8 Å². The van der Waals surface area contributed by atoms with E-state index in [-0.39, 0.29) is 6.10 Å². The Morgan fingerprint density at radius 3 is 2.40 bits per heavy atom. The molecule has 2 heteroatoms. The van der Waals surface area contributed by atoms with Crippen molar-refractivity contribution in [3.63, 3.8) is 0 Å². The Morgan fingerprint density at radius 1 is 1.13 bits per heavy atom. The van der Waals surface area contributed by atoms with Crippen LogP contribution in [0.25, 0.3) is 0 Å². The fraction of sp³-hybridized carbons (Fsp3) is 1.00. The van der Waals surface area contributed by atoms with Crippen molar-refractivity contribution < 1.29 is 5.11 Å². The maximum atomic E-state index is 9.83. The minimum absolute atomic E-state index is 0.111. The molecule has 0 spiro atoms. The number of hydrogen-bond donors (Lipinski definition) is 2. The largest absolute Gasteiger partial charge is 0.392 e. The van der Waals surface area contributed by atoms with Crippen molar-refractivity contribution in [2.24, 2.45) is 5.92 Å². The first-order chi connectivity index (χ1) is 7.09. The van der Waals surface area contributed by atoms with E-state index in [4.69, 9.17) is 0 Å². The molecule has 2 nitrogen and oxygen atoms in total. The molecule has 0 amide bonds. The fourth-order valence-corrected chi connectivity index (χ4v) is 2.34. The number of aliphatic hydroxyl groups excluding tert-OH is 1. The van der Waals surface area contributed by atoms with Crippen molar-refractivity contribution in [2.45, 2.75) is 77.5 Å². The van der Waals surface area contributed by atoms with Crippen LogP contribution in [0.4, 0.5) is 0 Å². The average Bonchev–Trinajstić information content (AvgIpc) is 2.18. The van der Waals surface area contributed by atoms with E-state index >= 15 is 0 Å². The first-order valence-electron chi connectivity index (χ1n) is 6.53. The normalized spacial score (nSPS) is 29.4. The van der Waals surface area contributed by atoms with Gasteiger partial charge >= 0.3 is 0 Å². The van der Waals surface area contributed by atoms with Crippen LogP contribution in [0.15, 0.2) is 0 Å². The van der Waals surface area contributed by atoms with Crippen LogP contribution < -0.4 is 5.32 Å². The predicted molar refractivity (Wildman–Crippen MR) is 64.9 cm³/mol. The molecule has 0 unspecified atom stereocenters. The molecule has 15 heavy (non-hydrogen) atoms. The maximum absolute atomic E-state index is 9.83. The van der Waals surface area contributed by atoms with Gasteiger partial charge in [-0.15, -0.1) is 0 Å². The lowest BCUT2D eigenvalue weighted by atomic mass is 9.91. The molecular formula is C13H27NO. The van der Waals surface area contributed by atoms with Gasteiger partial charge in [-0.05, 0) is 38.5 Å². The summed E-state index contributed by atoms with van der Waals surface area (Å²) in [5, 5.41) is 13.4. The molecule has 90 valence electrons. The lowest BCUT2D eigenvalue weighted by molar-refractivity contribution is 0.0850. The molecule has 0 aromatic rings. The second-order valence-electron chi connectivity index (χ2n) is 5.50. The second-order valence-corrected chi connectivity index (χ2v) is 5.50. The standard InChI is InChI=1S/C13H27NO/c1-10(2)8-9-11(3)14-12-6-4-5-7-13(12)15/h10-15H,4-9H2,1-3H3/t11-,12+,13-/m0/s1. The van der Waals surface area contributed by atoms with Crippen LogP contribution in [-0.4, -0.2) is 23.3 Å². The van der Waals surface area contributed by atoms with Gasteiger partial charge in [0.15, 0.2) is 0 Å². The Hall–Kier alpha value is -0.0800. The third-order valence-corrected chi connectivity index (χ3v) is 3.41. The molecule has 1 fully saturated rings. The van der Waals surface area contributed by atoms with Gasteiger partial charge in [-0.2, -0.15) is 0 Å². The van der Waals surface area contributed by atoms with E-state index in [1.165, 1.54) is 25.7 Å². The van der Waals surface area contributed by atoms with Crippen LogP contribution in [0.3, 0.4) is 0 Å². The highest BCUT2D eigenvalue weighted by Gasteiger charge is 2.23. The Morgan fingerprint density at radius 2 is 1.80 bits per heavy atom. The SMILES string of the molecule is CC(C)CC[C@H](C)N[C@@H]1CCCC[C@@H]1O. The van der Waals surface area contributed by atoms with Gasteiger partial charge in [0.25, 0.3) is 0 Å². The summed E-state index contributed by atoms with van der Waals surface area (Å²) in [4.78, 5) is 0. The Labute approximate surface area is 94.5 Å². The van der Waals surface area contributed by atoms with E-state index in [1.54, 1.807) is 0 Å². The average molecular weight is 213 g/mol. The van der Waals surface area contributed by atoms with Gasteiger partial charge in [-0.1, -0.05) is 26.7 Å². The van der Waals surface area contributed by atoms with Crippen LogP contribution in [0, 0.1) is 5.92 Å². The second kappa shape index (κ2) is 6.49. The monoisotopic (exact) mass is 213 g/mol. The minimum atomic E-state index is -0.111. The molecule has 0 aliphatic heterocycles. The summed E-state index contributed by atoms with van der Waals surface area (Å²) in [6.45, 7) is 6.77. The van der Waals surface area contributed by atoms with E-state index in [1.807, 2.05) is 0 Å². The summed E-state index contributed by atoms with van der Waals surface area (Å²) in [6, 6.07) is 0.895. The van der Waals surface area contributed by atoms with Gasteiger partial charge in [-0.25, -0.2) is 0 Å². The Kier molecular flexibility index (Phi) is 5.62. The predicted octanol–water partition coefficient (Wildman–Crippen LogP) is 2.70. The molecule has 0 radical (unpaired) electrons. The maximum Gasteiger partial charge on any atom is 0.0693 e. The number of rotatable bonds is 5. The first kappa shape index (κ1) is 13.0. The van der Waals surface area contributed by atoms with E-state index < -0.39 is 0 Å². The molecule has 0 aromatic heterocycles. The zero-order valence-corrected chi connectivity index (χ0v) is 10.5. The van der Waals surface area contributed by atoms with Gasteiger partial charge in [0.05, 0.1) is 6.10 Å². The molecule has 3 atom stereocenters. The fourth-order valence-electron chi connectivity index (χ4n) is 2.34. The zero-order chi connectivity index (χ0) is 11.3. The molecule has 2 N–H and O–H groups in total. The topological polar surface area (TPSA) is 32.3 Å². The molecule has 1 saturated carbocycles. The third-order valence-electron chi connectivity index (χ3n) is 3.41. The van der Waals surface area contributed by atoms with Gasteiger partial charge < -0.3 is 10.4 Å². The van der Waals surface area contributed by atoms with Crippen molar-refractivity contribution in [2.75, 3.05) is 0 Å². The van der Waals surface area contributed by atoms with Crippen molar-refractivity contribution in [3.05, 3.63) is 0 Å². The highest BCUT2D eigenvalue weighted by atomic mass is 16.3. The Balaban J connectivity index is 2.20. The molecule has 1 aliphatic rings. The smallest absolute Gasteiger partial charge is 0.0693 e. The number of aliphatic hydroxyl groups is 1. The number of nitrogens with one attached hydrogen (secondary N) is 1. The van der Waals surface area contributed by atoms with Gasteiger partial charge in [0, 0.05) is 12.1 Å². The van der Waals surface area contributed by atoms with Crippen molar-refractivity contribution in [3.8, 4) is 0 Å². The van der Waals surface area contributed by atoms with Crippen LogP contribution in [0.1, 0.15) is 59.3 Å². The van der Waals surface area contributed by atoms with Crippen LogP contribution >= 0.6 is 0 Å².